The van der Waals surface area contributed by atoms with Crippen molar-refractivity contribution in [3.8, 4) is 0 Å². The van der Waals surface area contributed by atoms with Gasteiger partial charge in [0, 0.05) is 23.7 Å². The normalized spacial score (nSPS) is 10.1. The Bertz CT molecular complexity index is 891. The number of hydrogen-bond acceptors (Lipinski definition) is 7. The Morgan fingerprint density at radius 1 is 0.926 bits per heavy atom. The highest BCUT2D eigenvalue weighted by Crippen LogP contribution is 2.11. The van der Waals surface area contributed by atoms with E-state index in [2.05, 4.69) is 19.9 Å². The third kappa shape index (κ3) is 7.07. The van der Waals surface area contributed by atoms with E-state index in [1.165, 1.54) is 36.0 Å². The average molecular weight is 403 g/mol. The number of carbonyl (C=O) groups is 1. The van der Waals surface area contributed by atoms with Gasteiger partial charge in [0.25, 0.3) is 0 Å². The molecule has 0 atom stereocenters. The number of Topliss-reactive ketones (excluding diaryl/α,β-unsaturated/α-hetero) is 1. The largest absolute Gasteiger partial charge is 0.294 e. The number of aromatic nitrogens is 4. The molecule has 2 heterocycles. The summed E-state index contributed by atoms with van der Waals surface area (Å²) in [5, 5.41) is 1.48. The monoisotopic (exact) mass is 402 g/mol. The molecule has 5 nitrogen and oxygen atoms in total. The minimum Gasteiger partial charge on any atom is -0.294 e. The van der Waals surface area contributed by atoms with Gasteiger partial charge in [-0.05, 0) is 55.8 Å². The lowest BCUT2D eigenvalue weighted by molar-refractivity contribution is 0.0991. The Balaban J connectivity index is 0.000000244. The molecule has 0 unspecified atom stereocenters. The van der Waals surface area contributed by atoms with Gasteiger partial charge in [-0.15, -0.1) is 0 Å². The summed E-state index contributed by atoms with van der Waals surface area (Å²) in [4.78, 5) is 28.4. The number of nitrogens with zero attached hydrogens (tertiary/aromatic N) is 4. The first-order chi connectivity index (χ1) is 13.0. The van der Waals surface area contributed by atoms with Crippen molar-refractivity contribution in [1.82, 2.24) is 19.9 Å². The van der Waals surface area contributed by atoms with E-state index in [1.807, 2.05) is 25.5 Å². The molecule has 2 aromatic heterocycles. The van der Waals surface area contributed by atoms with Crippen LogP contribution in [0.2, 0.25) is 0 Å². The third-order valence-corrected chi connectivity index (χ3v) is 4.46. The molecule has 0 N–H and O–H groups in total. The zero-order valence-electron chi connectivity index (χ0n) is 15.2. The second-order valence-electron chi connectivity index (χ2n) is 5.33. The van der Waals surface area contributed by atoms with Gasteiger partial charge in [-0.3, -0.25) is 4.79 Å². The van der Waals surface area contributed by atoms with Crippen molar-refractivity contribution < 1.29 is 9.18 Å². The second-order valence-corrected chi connectivity index (χ2v) is 6.87. The fourth-order valence-electron chi connectivity index (χ4n) is 2.00. The summed E-state index contributed by atoms with van der Waals surface area (Å²) in [7, 11) is 0. The molecular formula is C19H19FN4OS2. The van der Waals surface area contributed by atoms with E-state index in [0.29, 0.717) is 16.4 Å². The Hall–Kier alpha value is -2.32. The summed E-state index contributed by atoms with van der Waals surface area (Å²) in [6.07, 6.45) is 7.44. The van der Waals surface area contributed by atoms with Crippen molar-refractivity contribution in [3.05, 3.63) is 71.6 Å². The van der Waals surface area contributed by atoms with Gasteiger partial charge in [0.05, 0.1) is 12.1 Å². The molecule has 0 saturated carbocycles. The number of halogens is 1. The van der Waals surface area contributed by atoms with Crippen LogP contribution in [-0.4, -0.2) is 38.2 Å². The van der Waals surface area contributed by atoms with Crippen LogP contribution in [0.3, 0.4) is 0 Å². The highest BCUT2D eigenvalue weighted by Gasteiger charge is 2.08. The van der Waals surface area contributed by atoms with Crippen molar-refractivity contribution in [2.24, 2.45) is 0 Å². The summed E-state index contributed by atoms with van der Waals surface area (Å²) < 4.78 is 12.7. The van der Waals surface area contributed by atoms with E-state index in [1.54, 1.807) is 30.2 Å². The predicted molar refractivity (Wildman–Crippen MR) is 107 cm³/mol. The number of ketones is 1. The summed E-state index contributed by atoms with van der Waals surface area (Å²) in [6, 6.07) is 9.12. The summed E-state index contributed by atoms with van der Waals surface area (Å²) in [6.45, 7) is 1.96. The van der Waals surface area contributed by atoms with Crippen molar-refractivity contribution in [1.29, 1.82) is 0 Å². The molecular weight excluding hydrogens is 383 g/mol. The molecule has 0 saturated heterocycles. The van der Waals surface area contributed by atoms with Crippen molar-refractivity contribution in [3.63, 3.8) is 0 Å². The van der Waals surface area contributed by atoms with Crippen LogP contribution in [0.5, 0.6) is 0 Å². The fraction of sp³-hybridized carbons (Fsp3) is 0.211. The molecule has 0 aliphatic rings. The molecule has 0 aliphatic heterocycles. The first-order valence-electron chi connectivity index (χ1n) is 8.00. The molecule has 3 aromatic rings. The van der Waals surface area contributed by atoms with E-state index in [-0.39, 0.29) is 18.0 Å². The van der Waals surface area contributed by atoms with Gasteiger partial charge < -0.3 is 0 Å². The summed E-state index contributed by atoms with van der Waals surface area (Å²) in [5.74, 6) is -0.431. The van der Waals surface area contributed by atoms with Gasteiger partial charge >= 0.3 is 0 Å². The van der Waals surface area contributed by atoms with Crippen LogP contribution in [0.4, 0.5) is 4.39 Å². The predicted octanol–water partition coefficient (Wildman–Crippen LogP) is 4.27. The van der Waals surface area contributed by atoms with Crippen LogP contribution >= 0.6 is 23.5 Å². The van der Waals surface area contributed by atoms with Crippen LogP contribution in [0.25, 0.3) is 0 Å². The molecule has 8 heteroatoms. The van der Waals surface area contributed by atoms with Gasteiger partial charge in [-0.25, -0.2) is 24.3 Å². The quantitative estimate of drug-likeness (QED) is 0.359. The van der Waals surface area contributed by atoms with E-state index in [0.717, 1.165) is 10.9 Å². The smallest absolute Gasteiger partial charge is 0.187 e. The molecule has 1 aromatic carbocycles. The minimum absolute atomic E-state index is 0.0826. The third-order valence-electron chi connectivity index (χ3n) is 3.34. The Kier molecular flexibility index (Phi) is 8.35. The molecule has 27 heavy (non-hydrogen) atoms. The number of thioether (sulfide) groups is 2. The number of aryl methyl sites for hydroxylation is 1. The molecule has 0 radical (unpaired) electrons. The lowest BCUT2D eigenvalue weighted by Crippen LogP contribution is -2.05. The maximum Gasteiger partial charge on any atom is 0.187 e. The van der Waals surface area contributed by atoms with E-state index >= 15 is 0 Å². The van der Waals surface area contributed by atoms with Crippen LogP contribution in [-0.2, 0) is 6.42 Å². The first kappa shape index (κ1) is 21.0. The summed E-state index contributed by atoms with van der Waals surface area (Å²) in [5.41, 5.74) is 2.18. The number of carbonyl (C=O) groups excluding carboxylic acids is 1. The summed E-state index contributed by atoms with van der Waals surface area (Å²) >= 11 is 2.99. The lowest BCUT2D eigenvalue weighted by atomic mass is 10.1. The maximum absolute atomic E-state index is 12.7. The molecule has 3 rings (SSSR count). The Labute approximate surface area is 166 Å². The molecule has 140 valence electrons. The topological polar surface area (TPSA) is 68.6 Å². The van der Waals surface area contributed by atoms with Crippen LogP contribution in [0, 0.1) is 12.7 Å². The van der Waals surface area contributed by atoms with Crippen LogP contribution in [0.1, 0.15) is 21.7 Å². The van der Waals surface area contributed by atoms with Gasteiger partial charge in [0.15, 0.2) is 16.1 Å². The van der Waals surface area contributed by atoms with E-state index in [9.17, 15) is 9.18 Å². The second kappa shape index (κ2) is 10.7. The highest BCUT2D eigenvalue weighted by molar-refractivity contribution is 7.98. The zero-order valence-corrected chi connectivity index (χ0v) is 16.9. The number of hydrogen-bond donors (Lipinski definition) is 0. The molecule has 0 aliphatic carbocycles. The average Bonchev–Trinajstić information content (AvgIpc) is 2.69. The van der Waals surface area contributed by atoms with Crippen molar-refractivity contribution in [2.75, 3.05) is 12.5 Å². The minimum atomic E-state index is -0.349. The first-order valence-corrected chi connectivity index (χ1v) is 10.4. The fourth-order valence-corrected chi connectivity index (χ4v) is 2.78. The van der Waals surface area contributed by atoms with Gasteiger partial charge in [-0.1, -0.05) is 23.5 Å². The number of rotatable bonds is 5. The van der Waals surface area contributed by atoms with Crippen molar-refractivity contribution >= 4 is 29.3 Å². The lowest BCUT2D eigenvalue weighted by Gasteiger charge is -2.02. The van der Waals surface area contributed by atoms with Gasteiger partial charge in [0.1, 0.15) is 5.82 Å². The standard InChI is InChI=1S/C13H11FN2OS.C6H8N2S/c1-18-13-15-7-6-11(16-13)8-12(17)9-2-4-10(14)5-3-9;1-5-3-4-7-6(8-5)9-2/h2-7H,8H2,1H3;3-4H,1-2H3. The van der Waals surface area contributed by atoms with Gasteiger partial charge in [-0.2, -0.15) is 0 Å². The van der Waals surface area contributed by atoms with Gasteiger partial charge in [0.2, 0.25) is 0 Å². The van der Waals surface area contributed by atoms with Crippen LogP contribution in [0.15, 0.2) is 59.1 Å². The SMILES string of the molecule is CSc1nccc(C)n1.CSc1nccc(CC(=O)c2ccc(F)cc2)n1. The Morgan fingerprint density at radius 3 is 2.07 bits per heavy atom. The maximum atomic E-state index is 12.7. The molecule has 0 spiro atoms. The Morgan fingerprint density at radius 2 is 1.52 bits per heavy atom. The van der Waals surface area contributed by atoms with Crippen LogP contribution < -0.4 is 0 Å². The molecule has 0 bridgehead atoms. The highest BCUT2D eigenvalue weighted by atomic mass is 32.2. The zero-order chi connectivity index (χ0) is 19.6. The van der Waals surface area contributed by atoms with E-state index in [4.69, 9.17) is 0 Å². The molecule has 0 amide bonds. The number of benzene rings is 1. The molecule has 0 fully saturated rings. The van der Waals surface area contributed by atoms with E-state index < -0.39 is 0 Å². The van der Waals surface area contributed by atoms with Crippen molar-refractivity contribution in [2.45, 2.75) is 23.7 Å².